The summed E-state index contributed by atoms with van der Waals surface area (Å²) < 4.78 is 5.39. The molecule has 1 aromatic heterocycles. The topological polar surface area (TPSA) is 37.4 Å². The van der Waals surface area contributed by atoms with Gasteiger partial charge in [-0.25, -0.2) is 4.98 Å². The second-order valence-electron chi connectivity index (χ2n) is 4.61. The molecule has 2 rings (SSSR count). The number of aryl methyl sites for hydroxylation is 1. The number of nitrogens with one attached hydrogen (secondary N) is 1. The van der Waals surface area contributed by atoms with Crippen molar-refractivity contribution in [1.29, 1.82) is 0 Å². The van der Waals surface area contributed by atoms with E-state index in [2.05, 4.69) is 28.2 Å². The fourth-order valence-electron chi connectivity index (χ4n) is 2.37. The van der Waals surface area contributed by atoms with Crippen molar-refractivity contribution in [3.05, 3.63) is 23.4 Å². The first-order chi connectivity index (χ1) is 8.24. The van der Waals surface area contributed by atoms with Crippen LogP contribution in [-0.2, 0) is 11.3 Å². The van der Waals surface area contributed by atoms with Gasteiger partial charge in [0.25, 0.3) is 0 Å². The van der Waals surface area contributed by atoms with Gasteiger partial charge >= 0.3 is 0 Å². The predicted molar refractivity (Wildman–Crippen MR) is 69.4 cm³/mol. The van der Waals surface area contributed by atoms with E-state index in [0.717, 1.165) is 31.9 Å². The molecule has 0 amide bonds. The van der Waals surface area contributed by atoms with Gasteiger partial charge in [-0.05, 0) is 37.6 Å². The highest BCUT2D eigenvalue weighted by Gasteiger charge is 2.24. The maximum atomic E-state index is 5.39. The Morgan fingerprint density at radius 2 is 2.41 bits per heavy atom. The number of hydrogen-bond donors (Lipinski definition) is 1. The molecule has 94 valence electrons. The SMILES string of the molecule is CNCc1cnc(N2CCC(OC)C2)c(C)c1. The number of methoxy groups -OCH3 is 1. The Kier molecular flexibility index (Phi) is 3.97. The highest BCUT2D eigenvalue weighted by Crippen LogP contribution is 2.23. The zero-order chi connectivity index (χ0) is 12.3. The Morgan fingerprint density at radius 3 is 3.00 bits per heavy atom. The molecule has 1 fully saturated rings. The minimum atomic E-state index is 0.355. The molecule has 1 aromatic rings. The van der Waals surface area contributed by atoms with Crippen LogP contribution in [-0.4, -0.2) is 38.3 Å². The van der Waals surface area contributed by atoms with Crippen LogP contribution in [0.25, 0.3) is 0 Å². The molecule has 4 heteroatoms. The zero-order valence-corrected chi connectivity index (χ0v) is 10.9. The smallest absolute Gasteiger partial charge is 0.131 e. The molecule has 4 nitrogen and oxygen atoms in total. The molecule has 1 aliphatic rings. The second kappa shape index (κ2) is 5.47. The summed E-state index contributed by atoms with van der Waals surface area (Å²) in [6.45, 7) is 4.99. The highest BCUT2D eigenvalue weighted by atomic mass is 16.5. The van der Waals surface area contributed by atoms with Crippen LogP contribution in [0.4, 0.5) is 5.82 Å². The second-order valence-corrected chi connectivity index (χ2v) is 4.61. The van der Waals surface area contributed by atoms with Crippen molar-refractivity contribution >= 4 is 5.82 Å². The number of anilines is 1. The van der Waals surface area contributed by atoms with Gasteiger partial charge in [-0.1, -0.05) is 0 Å². The first-order valence-corrected chi connectivity index (χ1v) is 6.12. The van der Waals surface area contributed by atoms with Crippen LogP contribution in [0.15, 0.2) is 12.3 Å². The Labute approximate surface area is 103 Å². The van der Waals surface area contributed by atoms with Crippen LogP contribution in [0.2, 0.25) is 0 Å². The summed E-state index contributed by atoms with van der Waals surface area (Å²) in [5.41, 5.74) is 2.48. The summed E-state index contributed by atoms with van der Waals surface area (Å²) in [5.74, 6) is 1.10. The molecule has 1 atom stereocenters. The van der Waals surface area contributed by atoms with Crippen molar-refractivity contribution < 1.29 is 4.74 Å². The van der Waals surface area contributed by atoms with Crippen LogP contribution < -0.4 is 10.2 Å². The first-order valence-electron chi connectivity index (χ1n) is 6.12. The van der Waals surface area contributed by atoms with Gasteiger partial charge in [0.1, 0.15) is 5.82 Å². The molecule has 0 aromatic carbocycles. The minimum Gasteiger partial charge on any atom is -0.380 e. The van der Waals surface area contributed by atoms with E-state index in [9.17, 15) is 0 Å². The van der Waals surface area contributed by atoms with Crippen molar-refractivity contribution in [2.24, 2.45) is 0 Å². The summed E-state index contributed by atoms with van der Waals surface area (Å²) >= 11 is 0. The fraction of sp³-hybridized carbons (Fsp3) is 0.615. The molecule has 0 spiro atoms. The standard InChI is InChI=1S/C13H21N3O/c1-10-6-11(7-14-2)8-15-13(10)16-5-4-12(9-16)17-3/h6,8,12,14H,4-5,7,9H2,1-3H3. The van der Waals surface area contributed by atoms with Crippen LogP contribution in [0.5, 0.6) is 0 Å². The highest BCUT2D eigenvalue weighted by molar-refractivity contribution is 5.48. The number of pyridine rings is 1. The van der Waals surface area contributed by atoms with Gasteiger partial charge in [0.2, 0.25) is 0 Å². The van der Waals surface area contributed by atoms with Gasteiger partial charge in [0.05, 0.1) is 6.10 Å². The average molecular weight is 235 g/mol. The van der Waals surface area contributed by atoms with Crippen LogP contribution in [0.3, 0.4) is 0 Å². The minimum absolute atomic E-state index is 0.355. The molecule has 1 saturated heterocycles. The van der Waals surface area contributed by atoms with Crippen molar-refractivity contribution in [3.63, 3.8) is 0 Å². The first kappa shape index (κ1) is 12.3. The van der Waals surface area contributed by atoms with Gasteiger partial charge in [-0.3, -0.25) is 0 Å². The Hall–Kier alpha value is -1.13. The van der Waals surface area contributed by atoms with Crippen molar-refractivity contribution in [3.8, 4) is 0 Å². The Balaban J connectivity index is 2.11. The molecule has 2 heterocycles. The summed E-state index contributed by atoms with van der Waals surface area (Å²) in [4.78, 5) is 6.89. The normalized spacial score (nSPS) is 19.9. The van der Waals surface area contributed by atoms with E-state index in [1.54, 1.807) is 7.11 Å². The lowest BCUT2D eigenvalue weighted by molar-refractivity contribution is 0.121. The van der Waals surface area contributed by atoms with E-state index in [1.165, 1.54) is 11.1 Å². The molecule has 0 saturated carbocycles. The third kappa shape index (κ3) is 2.76. The van der Waals surface area contributed by atoms with Crippen LogP contribution in [0, 0.1) is 6.92 Å². The van der Waals surface area contributed by atoms with Crippen molar-refractivity contribution in [2.45, 2.75) is 26.0 Å². The lowest BCUT2D eigenvalue weighted by Crippen LogP contribution is -2.24. The molecular weight excluding hydrogens is 214 g/mol. The van der Waals surface area contributed by atoms with Crippen molar-refractivity contribution in [1.82, 2.24) is 10.3 Å². The van der Waals surface area contributed by atoms with Crippen LogP contribution in [0.1, 0.15) is 17.5 Å². The van der Waals surface area contributed by atoms with E-state index in [0.29, 0.717) is 6.10 Å². The third-order valence-electron chi connectivity index (χ3n) is 3.27. The summed E-state index contributed by atoms with van der Waals surface area (Å²) in [7, 11) is 3.73. The summed E-state index contributed by atoms with van der Waals surface area (Å²) in [6.07, 6.45) is 3.41. The van der Waals surface area contributed by atoms with E-state index in [-0.39, 0.29) is 0 Å². The fourth-order valence-corrected chi connectivity index (χ4v) is 2.37. The van der Waals surface area contributed by atoms with Gasteiger partial charge < -0.3 is 15.0 Å². The van der Waals surface area contributed by atoms with Crippen molar-refractivity contribution in [2.75, 3.05) is 32.1 Å². The van der Waals surface area contributed by atoms with E-state index >= 15 is 0 Å². The molecule has 0 bridgehead atoms. The number of nitrogens with zero attached hydrogens (tertiary/aromatic N) is 2. The molecular formula is C13H21N3O. The quantitative estimate of drug-likeness (QED) is 0.854. The largest absolute Gasteiger partial charge is 0.380 e. The number of ether oxygens (including phenoxy) is 1. The van der Waals surface area contributed by atoms with Crippen LogP contribution >= 0.6 is 0 Å². The molecule has 1 aliphatic heterocycles. The maximum absolute atomic E-state index is 5.39. The molecule has 1 N–H and O–H groups in total. The van der Waals surface area contributed by atoms with E-state index in [1.807, 2.05) is 13.2 Å². The molecule has 1 unspecified atom stereocenters. The van der Waals surface area contributed by atoms with Gasteiger partial charge in [-0.2, -0.15) is 0 Å². The lowest BCUT2D eigenvalue weighted by Gasteiger charge is -2.19. The molecule has 0 aliphatic carbocycles. The van der Waals surface area contributed by atoms with Gasteiger partial charge in [0, 0.05) is 32.9 Å². The summed E-state index contributed by atoms with van der Waals surface area (Å²) in [5, 5.41) is 3.14. The number of hydrogen-bond acceptors (Lipinski definition) is 4. The monoisotopic (exact) mass is 235 g/mol. The Bertz CT molecular complexity index is 381. The predicted octanol–water partition coefficient (Wildman–Crippen LogP) is 1.33. The molecule has 0 radical (unpaired) electrons. The number of aromatic nitrogens is 1. The van der Waals surface area contributed by atoms with Gasteiger partial charge in [-0.15, -0.1) is 0 Å². The Morgan fingerprint density at radius 1 is 1.59 bits per heavy atom. The zero-order valence-electron chi connectivity index (χ0n) is 10.9. The van der Waals surface area contributed by atoms with E-state index in [4.69, 9.17) is 4.74 Å². The average Bonchev–Trinajstić information content (AvgIpc) is 2.78. The van der Waals surface area contributed by atoms with E-state index < -0.39 is 0 Å². The van der Waals surface area contributed by atoms with Gasteiger partial charge in [0.15, 0.2) is 0 Å². The molecule has 17 heavy (non-hydrogen) atoms. The lowest BCUT2D eigenvalue weighted by atomic mass is 10.2. The maximum Gasteiger partial charge on any atom is 0.131 e. The third-order valence-corrected chi connectivity index (χ3v) is 3.27. The number of rotatable bonds is 4. The summed E-state index contributed by atoms with van der Waals surface area (Å²) in [6, 6.07) is 2.21.